The molecule has 1 aromatic carbocycles. The lowest BCUT2D eigenvalue weighted by atomic mass is 10.1. The zero-order valence-electron chi connectivity index (χ0n) is 8.38. The number of rotatable bonds is 2. The molecule has 1 unspecified atom stereocenters. The fraction of sp³-hybridized carbons (Fsp3) is 0.0909. The molecule has 0 saturated carbocycles. The van der Waals surface area contributed by atoms with E-state index in [1.165, 1.54) is 17.4 Å². The average Bonchev–Trinajstić information content (AvgIpc) is 2.62. The highest BCUT2D eigenvalue weighted by molar-refractivity contribution is 9.10. The van der Waals surface area contributed by atoms with Crippen molar-refractivity contribution >= 4 is 54.8 Å². The molecule has 0 amide bonds. The summed E-state index contributed by atoms with van der Waals surface area (Å²) >= 11 is 13.8. The van der Waals surface area contributed by atoms with Crippen LogP contribution >= 0.6 is 54.8 Å². The summed E-state index contributed by atoms with van der Waals surface area (Å²) in [6.45, 7) is 0. The van der Waals surface area contributed by atoms with Gasteiger partial charge in [-0.1, -0.05) is 17.7 Å². The molecule has 0 radical (unpaired) electrons. The van der Waals surface area contributed by atoms with Crippen LogP contribution in [0.3, 0.4) is 0 Å². The Kier molecular flexibility index (Phi) is 4.26. The Morgan fingerprint density at radius 2 is 1.94 bits per heavy atom. The summed E-state index contributed by atoms with van der Waals surface area (Å²) in [4.78, 5) is 0.892. The third-order valence-electron chi connectivity index (χ3n) is 2.27. The van der Waals surface area contributed by atoms with E-state index in [0.29, 0.717) is 8.81 Å². The second-order valence-corrected chi connectivity index (χ2v) is 6.82. The minimum atomic E-state index is -0.369. The third-order valence-corrected chi connectivity index (χ3v) is 5.47. The molecule has 90 valence electrons. The first-order chi connectivity index (χ1) is 7.99. The van der Waals surface area contributed by atoms with Crippen molar-refractivity contribution in [3.8, 4) is 0 Å². The Hall–Kier alpha value is 0.0600. The molecule has 1 aromatic heterocycles. The molecule has 0 aliphatic carbocycles. The average molecular weight is 400 g/mol. The highest BCUT2D eigenvalue weighted by atomic mass is 79.9. The predicted molar refractivity (Wildman–Crippen MR) is 77.2 cm³/mol. The molecule has 2 rings (SSSR count). The first-order valence-corrected chi connectivity index (χ1v) is 7.42. The van der Waals surface area contributed by atoms with E-state index in [1.807, 2.05) is 6.07 Å². The summed E-state index contributed by atoms with van der Waals surface area (Å²) < 4.78 is 15.3. The minimum Gasteiger partial charge on any atom is -0.320 e. The van der Waals surface area contributed by atoms with Gasteiger partial charge in [-0.3, -0.25) is 0 Å². The van der Waals surface area contributed by atoms with Gasteiger partial charge in [0.1, 0.15) is 10.2 Å². The molecular weight excluding hydrogens is 392 g/mol. The van der Waals surface area contributed by atoms with Crippen molar-refractivity contribution < 1.29 is 4.39 Å². The van der Waals surface area contributed by atoms with Crippen molar-refractivity contribution in [2.75, 3.05) is 0 Å². The standard InChI is InChI=1S/C11H7Br2ClFNS/c12-6-2-1-5(3-8(6)15)10(16)9-4-7(13)11(14)17-9/h1-4,10H,16H2. The highest BCUT2D eigenvalue weighted by Crippen LogP contribution is 2.36. The number of hydrogen-bond donors (Lipinski definition) is 1. The summed E-state index contributed by atoms with van der Waals surface area (Å²) in [5.41, 5.74) is 6.79. The van der Waals surface area contributed by atoms with Gasteiger partial charge in [0.25, 0.3) is 0 Å². The van der Waals surface area contributed by atoms with Gasteiger partial charge in [-0.25, -0.2) is 4.39 Å². The molecule has 2 aromatic rings. The first kappa shape index (κ1) is 13.5. The van der Waals surface area contributed by atoms with Gasteiger partial charge in [0.15, 0.2) is 0 Å². The zero-order chi connectivity index (χ0) is 12.6. The third kappa shape index (κ3) is 2.90. The van der Waals surface area contributed by atoms with Gasteiger partial charge >= 0.3 is 0 Å². The lowest BCUT2D eigenvalue weighted by molar-refractivity contribution is 0.617. The van der Waals surface area contributed by atoms with Crippen molar-refractivity contribution in [2.45, 2.75) is 6.04 Å². The Morgan fingerprint density at radius 3 is 2.47 bits per heavy atom. The Bertz CT molecular complexity index is 539. The molecule has 0 saturated heterocycles. The maximum Gasteiger partial charge on any atom is 0.137 e. The van der Waals surface area contributed by atoms with Crippen LogP contribution in [0.2, 0.25) is 4.34 Å². The van der Waals surface area contributed by atoms with E-state index < -0.39 is 0 Å². The van der Waals surface area contributed by atoms with E-state index in [4.69, 9.17) is 17.3 Å². The number of thiophene rings is 1. The van der Waals surface area contributed by atoms with Crippen molar-refractivity contribution in [1.82, 2.24) is 0 Å². The monoisotopic (exact) mass is 397 g/mol. The van der Waals surface area contributed by atoms with Gasteiger partial charge in [0, 0.05) is 9.35 Å². The van der Waals surface area contributed by atoms with Crippen molar-refractivity contribution in [3.63, 3.8) is 0 Å². The van der Waals surface area contributed by atoms with Crippen LogP contribution in [0.1, 0.15) is 16.5 Å². The van der Waals surface area contributed by atoms with Crippen LogP contribution in [-0.4, -0.2) is 0 Å². The highest BCUT2D eigenvalue weighted by Gasteiger charge is 2.15. The summed E-state index contributed by atoms with van der Waals surface area (Å²) in [7, 11) is 0. The van der Waals surface area contributed by atoms with Gasteiger partial charge < -0.3 is 5.73 Å². The number of benzene rings is 1. The van der Waals surface area contributed by atoms with Crippen molar-refractivity contribution in [1.29, 1.82) is 0 Å². The van der Waals surface area contributed by atoms with Crippen molar-refractivity contribution in [3.05, 3.63) is 53.8 Å². The second-order valence-electron chi connectivity index (χ2n) is 3.42. The maximum absolute atomic E-state index is 13.4. The maximum atomic E-state index is 13.4. The van der Waals surface area contributed by atoms with Crippen LogP contribution in [0.4, 0.5) is 4.39 Å². The van der Waals surface area contributed by atoms with E-state index in [9.17, 15) is 4.39 Å². The van der Waals surface area contributed by atoms with Crippen LogP contribution in [0.25, 0.3) is 0 Å². The smallest absolute Gasteiger partial charge is 0.137 e. The first-order valence-electron chi connectivity index (χ1n) is 4.64. The zero-order valence-corrected chi connectivity index (χ0v) is 13.1. The van der Waals surface area contributed by atoms with Crippen LogP contribution in [0.15, 0.2) is 33.2 Å². The SMILES string of the molecule is NC(c1ccc(Br)c(F)c1)c1cc(Br)c(Cl)s1. The molecule has 6 heteroatoms. The molecule has 17 heavy (non-hydrogen) atoms. The van der Waals surface area contributed by atoms with Gasteiger partial charge in [0.05, 0.1) is 10.5 Å². The summed E-state index contributed by atoms with van der Waals surface area (Å²) in [5.74, 6) is -0.320. The van der Waals surface area contributed by atoms with Gasteiger partial charge in [-0.2, -0.15) is 0 Å². The van der Waals surface area contributed by atoms with Crippen LogP contribution in [-0.2, 0) is 0 Å². The van der Waals surface area contributed by atoms with E-state index >= 15 is 0 Å². The second kappa shape index (κ2) is 5.36. The molecule has 0 fully saturated rings. The molecule has 1 heterocycles. The molecular formula is C11H7Br2ClFNS. The molecule has 0 aliphatic rings. The summed E-state index contributed by atoms with van der Waals surface area (Å²) in [6.07, 6.45) is 0. The lowest BCUT2D eigenvalue weighted by Gasteiger charge is -2.10. The van der Waals surface area contributed by atoms with E-state index in [-0.39, 0.29) is 11.9 Å². The van der Waals surface area contributed by atoms with E-state index in [2.05, 4.69) is 31.9 Å². The Balaban J connectivity index is 2.36. The quantitative estimate of drug-likeness (QED) is 0.746. The van der Waals surface area contributed by atoms with E-state index in [1.54, 1.807) is 12.1 Å². The molecule has 2 N–H and O–H groups in total. The van der Waals surface area contributed by atoms with Gasteiger partial charge in [-0.15, -0.1) is 11.3 Å². The van der Waals surface area contributed by atoms with Crippen LogP contribution < -0.4 is 5.73 Å². The fourth-order valence-corrected chi connectivity index (χ4v) is 3.40. The minimum absolute atomic E-state index is 0.320. The molecule has 0 aliphatic heterocycles. The van der Waals surface area contributed by atoms with Gasteiger partial charge in [-0.05, 0) is 55.6 Å². The molecule has 1 nitrogen and oxygen atoms in total. The fourth-order valence-electron chi connectivity index (χ4n) is 1.39. The summed E-state index contributed by atoms with van der Waals surface area (Å²) in [5, 5.41) is 0. The largest absolute Gasteiger partial charge is 0.320 e. The van der Waals surface area contributed by atoms with Crippen LogP contribution in [0.5, 0.6) is 0 Å². The normalized spacial score (nSPS) is 12.8. The molecule has 1 atom stereocenters. The van der Waals surface area contributed by atoms with Crippen LogP contribution in [0, 0.1) is 5.82 Å². The number of hydrogen-bond acceptors (Lipinski definition) is 2. The molecule has 0 bridgehead atoms. The topological polar surface area (TPSA) is 26.0 Å². The predicted octanol–water partition coefficient (Wildman–Crippen LogP) is 5.11. The lowest BCUT2D eigenvalue weighted by Crippen LogP contribution is -2.10. The molecule has 0 spiro atoms. The van der Waals surface area contributed by atoms with Gasteiger partial charge in [0.2, 0.25) is 0 Å². The Morgan fingerprint density at radius 1 is 1.24 bits per heavy atom. The Labute approximate surface area is 124 Å². The number of halogens is 4. The number of nitrogens with two attached hydrogens (primary N) is 1. The van der Waals surface area contributed by atoms with E-state index in [0.717, 1.165) is 14.9 Å². The summed E-state index contributed by atoms with van der Waals surface area (Å²) in [6, 6.07) is 6.36. The van der Waals surface area contributed by atoms with Crippen molar-refractivity contribution in [2.24, 2.45) is 5.73 Å².